The number of alkyl halides is 4. The van der Waals surface area contributed by atoms with E-state index in [0.717, 1.165) is 21.6 Å². The van der Waals surface area contributed by atoms with Gasteiger partial charge in [-0.15, -0.1) is 13.2 Å². The lowest BCUT2D eigenvalue weighted by atomic mass is 10.0. The molecular formula is C23H20F4N4O4. The predicted octanol–water partition coefficient (Wildman–Crippen LogP) is 4.22. The molecule has 2 atom stereocenters. The Morgan fingerprint density at radius 3 is 2.57 bits per heavy atom. The first kappa shape index (κ1) is 24.0. The normalized spacial score (nSPS) is 18.0. The molecule has 1 fully saturated rings. The number of primary amides is 1. The number of anilines is 1. The Kier molecular flexibility index (Phi) is 6.37. The standard InChI is InChI=1S/C23H20F4N4O4/c24-14-10-19(20(32)9-13-4-3-5-15(8-13)35-23(25,26)27)31(11-14)22(34)29-17-12-30(21(28)33)18-7-2-1-6-16(17)18/h1-8,12,14,19H,9-11H2,(H2,28,33)(H,29,34)/t14-,19+/m1/s1. The number of para-hydroxylation sites is 1. The van der Waals surface area contributed by atoms with Crippen molar-refractivity contribution < 1.29 is 36.7 Å². The molecule has 0 saturated carbocycles. The largest absolute Gasteiger partial charge is 0.573 e. The summed E-state index contributed by atoms with van der Waals surface area (Å²) in [7, 11) is 0. The Balaban J connectivity index is 1.51. The first-order valence-corrected chi connectivity index (χ1v) is 10.5. The van der Waals surface area contributed by atoms with E-state index in [0.29, 0.717) is 10.9 Å². The number of aromatic nitrogens is 1. The van der Waals surface area contributed by atoms with E-state index in [1.165, 1.54) is 18.3 Å². The summed E-state index contributed by atoms with van der Waals surface area (Å²) in [6, 6.07) is 8.92. The summed E-state index contributed by atoms with van der Waals surface area (Å²) in [5.74, 6) is -1.03. The van der Waals surface area contributed by atoms with Gasteiger partial charge in [0, 0.05) is 24.4 Å². The summed E-state index contributed by atoms with van der Waals surface area (Å²) >= 11 is 0. The second-order valence-corrected chi connectivity index (χ2v) is 8.04. The molecule has 184 valence electrons. The van der Waals surface area contributed by atoms with Crippen molar-refractivity contribution in [3.8, 4) is 5.75 Å². The van der Waals surface area contributed by atoms with E-state index in [1.807, 2.05) is 0 Å². The molecule has 2 aromatic carbocycles. The van der Waals surface area contributed by atoms with Gasteiger partial charge in [0.15, 0.2) is 5.78 Å². The minimum atomic E-state index is -4.89. The molecule has 1 aromatic heterocycles. The number of nitrogens with two attached hydrogens (primary N) is 1. The van der Waals surface area contributed by atoms with Crippen molar-refractivity contribution in [2.24, 2.45) is 5.73 Å². The number of carbonyl (C=O) groups excluding carboxylic acids is 3. The summed E-state index contributed by atoms with van der Waals surface area (Å²) in [4.78, 5) is 38.7. The van der Waals surface area contributed by atoms with Crippen LogP contribution in [0.15, 0.2) is 54.7 Å². The van der Waals surface area contributed by atoms with Crippen LogP contribution >= 0.6 is 0 Å². The number of ether oxygens (including phenoxy) is 1. The molecule has 8 nitrogen and oxygen atoms in total. The molecule has 3 N–H and O–H groups in total. The second kappa shape index (κ2) is 9.28. The molecule has 1 aliphatic heterocycles. The molecule has 35 heavy (non-hydrogen) atoms. The van der Waals surface area contributed by atoms with Crippen molar-refractivity contribution >= 4 is 34.4 Å². The van der Waals surface area contributed by atoms with Crippen LogP contribution in [0.5, 0.6) is 5.75 Å². The van der Waals surface area contributed by atoms with Crippen LogP contribution in [-0.4, -0.2) is 52.4 Å². The summed E-state index contributed by atoms with van der Waals surface area (Å²) in [6.07, 6.45) is -5.58. The van der Waals surface area contributed by atoms with Crippen LogP contribution in [0.1, 0.15) is 12.0 Å². The highest BCUT2D eigenvalue weighted by molar-refractivity contribution is 6.05. The van der Waals surface area contributed by atoms with Crippen LogP contribution in [0.2, 0.25) is 0 Å². The number of likely N-dealkylation sites (tertiary alicyclic amines) is 1. The van der Waals surface area contributed by atoms with Gasteiger partial charge in [0.05, 0.1) is 23.8 Å². The van der Waals surface area contributed by atoms with Gasteiger partial charge in [-0.2, -0.15) is 0 Å². The smallest absolute Gasteiger partial charge is 0.406 e. The quantitative estimate of drug-likeness (QED) is 0.520. The predicted molar refractivity (Wildman–Crippen MR) is 118 cm³/mol. The number of Topliss-reactive ketones (excluding diaryl/α,β-unsaturated/α-hetero) is 1. The Morgan fingerprint density at radius 2 is 1.86 bits per heavy atom. The van der Waals surface area contributed by atoms with E-state index in [9.17, 15) is 31.9 Å². The van der Waals surface area contributed by atoms with Crippen LogP contribution in [0.3, 0.4) is 0 Å². The molecule has 0 spiro atoms. The van der Waals surface area contributed by atoms with Crippen molar-refractivity contribution in [3.05, 3.63) is 60.3 Å². The maximum Gasteiger partial charge on any atom is 0.573 e. The first-order valence-electron chi connectivity index (χ1n) is 10.5. The lowest BCUT2D eigenvalue weighted by Gasteiger charge is -2.23. The number of fused-ring (bicyclic) bond motifs is 1. The minimum Gasteiger partial charge on any atom is -0.406 e. The molecule has 3 amide bonds. The Labute approximate surface area is 196 Å². The molecule has 4 rings (SSSR count). The van der Waals surface area contributed by atoms with Crippen molar-refractivity contribution in [1.29, 1.82) is 0 Å². The van der Waals surface area contributed by atoms with Gasteiger partial charge in [0.2, 0.25) is 0 Å². The van der Waals surface area contributed by atoms with E-state index < -0.39 is 42.2 Å². The molecule has 3 aromatic rings. The number of hydrogen-bond acceptors (Lipinski definition) is 4. The molecule has 1 saturated heterocycles. The fraction of sp³-hybridized carbons (Fsp3) is 0.261. The third-order valence-corrected chi connectivity index (χ3v) is 5.58. The highest BCUT2D eigenvalue weighted by Crippen LogP contribution is 2.29. The van der Waals surface area contributed by atoms with Gasteiger partial charge in [-0.1, -0.05) is 30.3 Å². The second-order valence-electron chi connectivity index (χ2n) is 8.04. The molecule has 0 aliphatic carbocycles. The number of nitrogens with one attached hydrogen (secondary N) is 1. The average molecular weight is 492 g/mol. The summed E-state index contributed by atoms with van der Waals surface area (Å²) in [5, 5.41) is 3.11. The third-order valence-electron chi connectivity index (χ3n) is 5.58. The summed E-state index contributed by atoms with van der Waals surface area (Å²) in [5.41, 5.74) is 6.30. The van der Waals surface area contributed by atoms with Crippen LogP contribution < -0.4 is 15.8 Å². The topological polar surface area (TPSA) is 107 Å². The number of nitrogens with zero attached hydrogens (tertiary/aromatic N) is 2. The van der Waals surface area contributed by atoms with E-state index in [2.05, 4.69) is 10.1 Å². The zero-order chi connectivity index (χ0) is 25.3. The van der Waals surface area contributed by atoms with Gasteiger partial charge in [-0.3, -0.25) is 9.36 Å². The van der Waals surface area contributed by atoms with Crippen LogP contribution in [0.4, 0.5) is 32.8 Å². The van der Waals surface area contributed by atoms with Crippen LogP contribution in [0, 0.1) is 0 Å². The summed E-state index contributed by atoms with van der Waals surface area (Å²) < 4.78 is 56.7. The maximum absolute atomic E-state index is 14.3. The maximum atomic E-state index is 14.3. The number of amides is 3. The highest BCUT2D eigenvalue weighted by Gasteiger charge is 2.40. The van der Waals surface area contributed by atoms with Crippen molar-refractivity contribution in [1.82, 2.24) is 9.47 Å². The Hall–Kier alpha value is -4.09. The molecule has 1 aliphatic rings. The van der Waals surface area contributed by atoms with Gasteiger partial charge in [0.1, 0.15) is 11.9 Å². The van der Waals surface area contributed by atoms with E-state index in [-0.39, 0.29) is 30.6 Å². The SMILES string of the molecule is NC(=O)n1cc(NC(=O)N2C[C@H](F)C[C@H]2C(=O)Cc2cccc(OC(F)(F)F)c2)c2ccccc21. The molecule has 0 bridgehead atoms. The third kappa shape index (κ3) is 5.36. The van der Waals surface area contributed by atoms with Gasteiger partial charge in [0.25, 0.3) is 0 Å². The number of carbonyl (C=O) groups is 3. The summed E-state index contributed by atoms with van der Waals surface area (Å²) in [6.45, 7) is -0.339. The Bertz CT molecular complexity index is 1290. The van der Waals surface area contributed by atoms with Crippen molar-refractivity contribution in [3.63, 3.8) is 0 Å². The zero-order valence-corrected chi connectivity index (χ0v) is 18.1. The van der Waals surface area contributed by atoms with Crippen molar-refractivity contribution in [2.75, 3.05) is 11.9 Å². The molecule has 12 heteroatoms. The number of halogens is 4. The van der Waals surface area contributed by atoms with Crippen LogP contribution in [0.25, 0.3) is 10.9 Å². The molecule has 0 radical (unpaired) electrons. The van der Waals surface area contributed by atoms with Crippen molar-refractivity contribution in [2.45, 2.75) is 31.4 Å². The van der Waals surface area contributed by atoms with Gasteiger partial charge in [-0.25, -0.2) is 14.0 Å². The number of rotatable bonds is 5. The van der Waals surface area contributed by atoms with E-state index in [1.54, 1.807) is 24.3 Å². The number of hydrogen-bond donors (Lipinski definition) is 2. The minimum absolute atomic E-state index is 0.226. The monoisotopic (exact) mass is 492 g/mol. The number of ketones is 1. The lowest BCUT2D eigenvalue weighted by Crippen LogP contribution is -2.43. The average Bonchev–Trinajstić information content (AvgIpc) is 3.34. The van der Waals surface area contributed by atoms with Crippen LogP contribution in [-0.2, 0) is 11.2 Å². The lowest BCUT2D eigenvalue weighted by molar-refractivity contribution is -0.274. The number of benzene rings is 2. The molecular weight excluding hydrogens is 472 g/mol. The molecule has 0 unspecified atom stereocenters. The highest BCUT2D eigenvalue weighted by atomic mass is 19.4. The van der Waals surface area contributed by atoms with E-state index in [4.69, 9.17) is 5.73 Å². The Morgan fingerprint density at radius 1 is 1.11 bits per heavy atom. The molecule has 2 heterocycles. The zero-order valence-electron chi connectivity index (χ0n) is 18.1. The van der Waals surface area contributed by atoms with E-state index >= 15 is 0 Å². The van der Waals surface area contributed by atoms with Gasteiger partial charge in [-0.05, 0) is 23.8 Å². The first-order chi connectivity index (χ1) is 16.5. The van der Waals surface area contributed by atoms with Gasteiger partial charge < -0.3 is 20.7 Å². The fourth-order valence-electron chi connectivity index (χ4n) is 4.13. The van der Waals surface area contributed by atoms with Gasteiger partial charge >= 0.3 is 18.4 Å². The fourth-order valence-corrected chi connectivity index (χ4v) is 4.13. The number of urea groups is 1.